The summed E-state index contributed by atoms with van der Waals surface area (Å²) in [5, 5.41) is 0. The summed E-state index contributed by atoms with van der Waals surface area (Å²) in [7, 11) is 1.68. The number of hydrogen-bond donors (Lipinski definition) is 1. The van der Waals surface area contributed by atoms with Crippen molar-refractivity contribution < 1.29 is 4.74 Å². The van der Waals surface area contributed by atoms with Crippen molar-refractivity contribution >= 4 is 35.7 Å². The summed E-state index contributed by atoms with van der Waals surface area (Å²) in [6.07, 6.45) is 0. The lowest BCUT2D eigenvalue weighted by atomic mass is 10.3. The molecule has 0 saturated heterocycles. The average Bonchev–Trinajstić information content (AvgIpc) is 2.65. The molecule has 0 unspecified atom stereocenters. The van der Waals surface area contributed by atoms with Crippen LogP contribution in [0.25, 0.3) is 0 Å². The topological polar surface area (TPSA) is 9.23 Å². The third-order valence-electron chi connectivity index (χ3n) is 1.85. The fourth-order valence-corrected chi connectivity index (χ4v) is 3.52. The van der Waals surface area contributed by atoms with E-state index in [-0.39, 0.29) is 0 Å². The van der Waals surface area contributed by atoms with Crippen LogP contribution in [0.5, 0.6) is 5.75 Å². The molecule has 0 bridgehead atoms. The molecule has 2 rings (SSSR count). The van der Waals surface area contributed by atoms with E-state index < -0.39 is 0 Å². The molecule has 4 heteroatoms. The van der Waals surface area contributed by atoms with E-state index in [0.717, 1.165) is 9.96 Å². The summed E-state index contributed by atoms with van der Waals surface area (Å²) in [4.78, 5) is 1.21. The number of thiophene rings is 1. The standard InChI is InChI=1S/C11H10OS3/c1-12-8-2-4-9(5-3-8)14-11-7-6-10(13)15-11/h2-7,13H,1H3. The maximum absolute atomic E-state index is 5.10. The number of methoxy groups -OCH3 is 1. The van der Waals surface area contributed by atoms with Gasteiger partial charge in [0.25, 0.3) is 0 Å². The van der Waals surface area contributed by atoms with Crippen LogP contribution >= 0.6 is 35.7 Å². The molecule has 0 radical (unpaired) electrons. The predicted molar refractivity (Wildman–Crippen MR) is 68.7 cm³/mol. The largest absolute Gasteiger partial charge is 0.497 e. The van der Waals surface area contributed by atoms with Crippen LogP contribution in [0, 0.1) is 0 Å². The summed E-state index contributed by atoms with van der Waals surface area (Å²) in [5.41, 5.74) is 0. The van der Waals surface area contributed by atoms with Crippen molar-refractivity contribution in [2.24, 2.45) is 0 Å². The van der Waals surface area contributed by atoms with E-state index in [1.165, 1.54) is 9.10 Å². The average molecular weight is 254 g/mol. The second kappa shape index (κ2) is 4.96. The Hall–Kier alpha value is -0.580. The Labute approximate surface area is 103 Å². The molecule has 0 aliphatic rings. The molecule has 0 N–H and O–H groups in total. The van der Waals surface area contributed by atoms with Gasteiger partial charge in [-0.1, -0.05) is 11.8 Å². The van der Waals surface area contributed by atoms with E-state index in [0.29, 0.717) is 0 Å². The highest BCUT2D eigenvalue weighted by molar-refractivity contribution is 8.01. The number of ether oxygens (including phenoxy) is 1. The first-order valence-corrected chi connectivity index (χ1v) is 6.46. The van der Waals surface area contributed by atoms with Crippen LogP contribution in [0.4, 0.5) is 0 Å². The minimum Gasteiger partial charge on any atom is -0.497 e. The minimum absolute atomic E-state index is 0.889. The van der Waals surface area contributed by atoms with Crippen molar-refractivity contribution in [3.63, 3.8) is 0 Å². The second-order valence-electron chi connectivity index (χ2n) is 2.87. The Balaban J connectivity index is 2.11. The molecule has 15 heavy (non-hydrogen) atoms. The second-order valence-corrected chi connectivity index (χ2v) is 6.11. The fraction of sp³-hybridized carbons (Fsp3) is 0.0909. The number of hydrogen-bond acceptors (Lipinski definition) is 4. The molecule has 0 atom stereocenters. The Morgan fingerprint density at radius 3 is 2.40 bits per heavy atom. The van der Waals surface area contributed by atoms with Crippen molar-refractivity contribution in [1.82, 2.24) is 0 Å². The molecule has 2 aromatic rings. The maximum Gasteiger partial charge on any atom is 0.118 e. The summed E-state index contributed by atoms with van der Waals surface area (Å²) in [6.45, 7) is 0. The van der Waals surface area contributed by atoms with Crippen LogP contribution in [0.2, 0.25) is 0 Å². The summed E-state index contributed by atoms with van der Waals surface area (Å²) in [6, 6.07) is 12.2. The minimum atomic E-state index is 0.889. The van der Waals surface area contributed by atoms with Gasteiger partial charge in [0.1, 0.15) is 5.75 Å². The van der Waals surface area contributed by atoms with Gasteiger partial charge in [-0.05, 0) is 36.4 Å². The molecule has 1 aromatic heterocycles. The highest BCUT2D eigenvalue weighted by Crippen LogP contribution is 2.35. The number of thiol groups is 1. The van der Waals surface area contributed by atoms with Crippen LogP contribution < -0.4 is 4.74 Å². The van der Waals surface area contributed by atoms with Gasteiger partial charge >= 0.3 is 0 Å². The van der Waals surface area contributed by atoms with Gasteiger partial charge in [0.2, 0.25) is 0 Å². The van der Waals surface area contributed by atoms with Gasteiger partial charge in [-0.25, -0.2) is 0 Å². The molecule has 1 heterocycles. The molecular formula is C11H10OS3. The van der Waals surface area contributed by atoms with Crippen LogP contribution in [0.1, 0.15) is 0 Å². The highest BCUT2D eigenvalue weighted by Gasteiger charge is 2.00. The van der Waals surface area contributed by atoms with Gasteiger partial charge in [0.05, 0.1) is 15.5 Å². The van der Waals surface area contributed by atoms with Gasteiger partial charge in [0, 0.05) is 4.90 Å². The predicted octanol–water partition coefficient (Wildman–Crippen LogP) is 4.20. The Bertz CT molecular complexity index is 433. The molecule has 78 valence electrons. The summed E-state index contributed by atoms with van der Waals surface area (Å²) < 4.78 is 7.41. The van der Waals surface area contributed by atoms with E-state index in [4.69, 9.17) is 4.74 Å². The first-order chi connectivity index (χ1) is 7.28. The molecule has 1 aromatic carbocycles. The van der Waals surface area contributed by atoms with E-state index >= 15 is 0 Å². The third-order valence-corrected chi connectivity index (χ3v) is 4.30. The molecule has 1 nitrogen and oxygen atoms in total. The smallest absolute Gasteiger partial charge is 0.118 e. The molecular weight excluding hydrogens is 244 g/mol. The van der Waals surface area contributed by atoms with Crippen molar-refractivity contribution in [1.29, 1.82) is 0 Å². The van der Waals surface area contributed by atoms with Crippen LogP contribution in [-0.4, -0.2) is 7.11 Å². The zero-order valence-electron chi connectivity index (χ0n) is 8.14. The van der Waals surface area contributed by atoms with E-state index in [9.17, 15) is 0 Å². The summed E-state index contributed by atoms with van der Waals surface area (Å²) in [5.74, 6) is 0.889. The van der Waals surface area contributed by atoms with Gasteiger partial charge in [-0.3, -0.25) is 0 Å². The molecule has 0 fully saturated rings. The van der Waals surface area contributed by atoms with Gasteiger partial charge in [-0.2, -0.15) is 0 Å². The first-order valence-electron chi connectivity index (χ1n) is 4.38. The lowest BCUT2D eigenvalue weighted by Crippen LogP contribution is -1.80. The third kappa shape index (κ3) is 2.93. The Kier molecular flexibility index (Phi) is 3.61. The van der Waals surface area contributed by atoms with Crippen molar-refractivity contribution in [3.05, 3.63) is 36.4 Å². The molecule has 0 amide bonds. The van der Waals surface area contributed by atoms with E-state index in [1.807, 2.05) is 18.2 Å². The highest BCUT2D eigenvalue weighted by atomic mass is 32.2. The SMILES string of the molecule is COc1ccc(Sc2ccc(S)s2)cc1. The molecule has 0 aliphatic carbocycles. The van der Waals surface area contributed by atoms with Crippen LogP contribution in [0.15, 0.2) is 49.7 Å². The van der Waals surface area contributed by atoms with Crippen LogP contribution in [-0.2, 0) is 0 Å². The van der Waals surface area contributed by atoms with Crippen molar-refractivity contribution in [2.75, 3.05) is 7.11 Å². The number of benzene rings is 1. The summed E-state index contributed by atoms with van der Waals surface area (Å²) >= 11 is 7.72. The Morgan fingerprint density at radius 1 is 1.13 bits per heavy atom. The zero-order chi connectivity index (χ0) is 10.7. The molecule has 0 aliphatic heterocycles. The zero-order valence-corrected chi connectivity index (χ0v) is 10.7. The fourth-order valence-electron chi connectivity index (χ4n) is 1.13. The van der Waals surface area contributed by atoms with Crippen molar-refractivity contribution in [3.8, 4) is 5.75 Å². The first kappa shape index (κ1) is 10.9. The van der Waals surface area contributed by atoms with Gasteiger partial charge in [-0.15, -0.1) is 24.0 Å². The molecule has 0 saturated carbocycles. The van der Waals surface area contributed by atoms with E-state index in [1.54, 1.807) is 30.2 Å². The molecule has 0 spiro atoms. The normalized spacial score (nSPS) is 10.3. The van der Waals surface area contributed by atoms with Gasteiger partial charge in [0.15, 0.2) is 0 Å². The number of rotatable bonds is 3. The lowest BCUT2D eigenvalue weighted by Gasteiger charge is -2.01. The quantitative estimate of drug-likeness (QED) is 0.822. The lowest BCUT2D eigenvalue weighted by molar-refractivity contribution is 0.414. The van der Waals surface area contributed by atoms with Crippen molar-refractivity contribution in [2.45, 2.75) is 13.3 Å². The maximum atomic E-state index is 5.10. The Morgan fingerprint density at radius 2 is 1.87 bits per heavy atom. The van der Waals surface area contributed by atoms with Gasteiger partial charge < -0.3 is 4.74 Å². The van der Waals surface area contributed by atoms with Crippen LogP contribution in [0.3, 0.4) is 0 Å². The van der Waals surface area contributed by atoms with E-state index in [2.05, 4.69) is 30.8 Å². The monoisotopic (exact) mass is 254 g/mol.